The molecule has 1 N–H and O–H groups in total. The van der Waals surface area contributed by atoms with Gasteiger partial charge in [-0.15, -0.1) is 0 Å². The first-order valence-electron chi connectivity index (χ1n) is 6.80. The van der Waals surface area contributed by atoms with Crippen molar-refractivity contribution in [2.45, 2.75) is 0 Å². The van der Waals surface area contributed by atoms with Gasteiger partial charge in [0.2, 0.25) is 0 Å². The van der Waals surface area contributed by atoms with E-state index in [4.69, 9.17) is 11.6 Å². The largest absolute Gasteiger partial charge is 0.328 e. The van der Waals surface area contributed by atoms with Crippen LogP contribution in [0, 0.1) is 3.57 Å². The molecule has 1 amide bonds. The number of nitrogens with zero attached hydrogens (tertiary/aromatic N) is 2. The molecule has 0 bridgehead atoms. The average Bonchev–Trinajstić information content (AvgIpc) is 2.72. The van der Waals surface area contributed by atoms with Crippen LogP contribution < -0.4 is 11.0 Å². The molecule has 0 saturated carbocycles. The molecule has 0 aliphatic rings. The Balaban J connectivity index is 1.97. The Morgan fingerprint density at radius 2 is 1.78 bits per heavy atom. The standard InChI is InChI=1S/C16H13ClIN3O2/c1-20-13-6-4-10(8-14(13)21(2)16(20)23)19-15(22)11-5-3-9(17)7-12(11)18/h3-8H,1-2H3,(H,19,22). The molecule has 0 aliphatic carbocycles. The van der Waals surface area contributed by atoms with Gasteiger partial charge in [-0.2, -0.15) is 0 Å². The van der Waals surface area contributed by atoms with Crippen LogP contribution in [-0.4, -0.2) is 15.0 Å². The van der Waals surface area contributed by atoms with Gasteiger partial charge in [0.25, 0.3) is 5.91 Å². The van der Waals surface area contributed by atoms with Gasteiger partial charge in [-0.3, -0.25) is 13.9 Å². The zero-order chi connectivity index (χ0) is 16.7. The molecule has 23 heavy (non-hydrogen) atoms. The van der Waals surface area contributed by atoms with Gasteiger partial charge < -0.3 is 5.32 Å². The number of aromatic nitrogens is 2. The molecular weight excluding hydrogens is 429 g/mol. The first-order valence-corrected chi connectivity index (χ1v) is 8.26. The van der Waals surface area contributed by atoms with Crippen LogP contribution in [0.5, 0.6) is 0 Å². The van der Waals surface area contributed by atoms with Crippen LogP contribution in [0.3, 0.4) is 0 Å². The van der Waals surface area contributed by atoms with Gasteiger partial charge in [0, 0.05) is 28.4 Å². The van der Waals surface area contributed by atoms with E-state index in [0.717, 1.165) is 14.6 Å². The summed E-state index contributed by atoms with van der Waals surface area (Å²) in [6.07, 6.45) is 0. The summed E-state index contributed by atoms with van der Waals surface area (Å²) >= 11 is 7.99. The van der Waals surface area contributed by atoms with Gasteiger partial charge in [0.05, 0.1) is 16.6 Å². The fraction of sp³-hybridized carbons (Fsp3) is 0.125. The second kappa shape index (κ2) is 6.01. The van der Waals surface area contributed by atoms with Gasteiger partial charge >= 0.3 is 5.69 Å². The highest BCUT2D eigenvalue weighted by Crippen LogP contribution is 2.21. The molecule has 3 rings (SSSR count). The van der Waals surface area contributed by atoms with Crippen molar-refractivity contribution in [3.63, 3.8) is 0 Å². The predicted molar refractivity (Wildman–Crippen MR) is 100 cm³/mol. The summed E-state index contributed by atoms with van der Waals surface area (Å²) in [5, 5.41) is 3.44. The normalized spacial score (nSPS) is 11.0. The number of carbonyl (C=O) groups excluding carboxylic acids is 1. The molecule has 0 fully saturated rings. The molecule has 0 radical (unpaired) electrons. The Hall–Kier alpha value is -1.80. The number of anilines is 1. The first-order chi connectivity index (χ1) is 10.9. The van der Waals surface area contributed by atoms with Gasteiger partial charge in [0.1, 0.15) is 0 Å². The number of nitrogens with one attached hydrogen (secondary N) is 1. The summed E-state index contributed by atoms with van der Waals surface area (Å²) in [5.41, 5.74) is 2.67. The van der Waals surface area contributed by atoms with Gasteiger partial charge in [0.15, 0.2) is 0 Å². The molecule has 0 saturated heterocycles. The maximum Gasteiger partial charge on any atom is 0.328 e. The van der Waals surface area contributed by atoms with E-state index in [0.29, 0.717) is 16.3 Å². The number of amides is 1. The SMILES string of the molecule is Cn1c(=O)n(C)c2cc(NC(=O)c3ccc(Cl)cc3I)ccc21. The molecule has 2 aromatic carbocycles. The minimum Gasteiger partial charge on any atom is -0.322 e. The number of rotatable bonds is 2. The van der Waals surface area contributed by atoms with Crippen molar-refractivity contribution in [1.29, 1.82) is 0 Å². The molecule has 118 valence electrons. The Bertz CT molecular complexity index is 991. The lowest BCUT2D eigenvalue weighted by Gasteiger charge is -2.08. The summed E-state index contributed by atoms with van der Waals surface area (Å²) in [6.45, 7) is 0. The number of hydrogen-bond donors (Lipinski definition) is 1. The van der Waals surface area contributed by atoms with Crippen LogP contribution in [0.4, 0.5) is 5.69 Å². The summed E-state index contributed by atoms with van der Waals surface area (Å²) in [7, 11) is 3.43. The molecule has 1 heterocycles. The summed E-state index contributed by atoms with van der Waals surface area (Å²) < 4.78 is 3.90. The maximum absolute atomic E-state index is 12.4. The summed E-state index contributed by atoms with van der Waals surface area (Å²) in [5.74, 6) is -0.216. The topological polar surface area (TPSA) is 56.0 Å². The lowest BCUT2D eigenvalue weighted by Crippen LogP contribution is -2.19. The van der Waals surface area contributed by atoms with Crippen LogP contribution in [0.1, 0.15) is 10.4 Å². The number of imidazole rings is 1. The van der Waals surface area contributed by atoms with E-state index >= 15 is 0 Å². The lowest BCUT2D eigenvalue weighted by atomic mass is 10.2. The van der Waals surface area contributed by atoms with E-state index in [-0.39, 0.29) is 11.6 Å². The summed E-state index contributed by atoms with van der Waals surface area (Å²) in [6, 6.07) is 10.5. The van der Waals surface area contributed by atoms with Gasteiger partial charge in [-0.25, -0.2) is 4.79 Å². The smallest absolute Gasteiger partial charge is 0.322 e. The van der Waals surface area contributed by atoms with Crippen molar-refractivity contribution >= 4 is 56.8 Å². The first kappa shape index (κ1) is 16.1. The van der Waals surface area contributed by atoms with E-state index in [2.05, 4.69) is 27.9 Å². The number of carbonyl (C=O) groups is 1. The fourth-order valence-electron chi connectivity index (χ4n) is 2.46. The molecule has 0 spiro atoms. The Morgan fingerprint density at radius 1 is 1.09 bits per heavy atom. The van der Waals surface area contributed by atoms with Crippen molar-refractivity contribution in [2.24, 2.45) is 14.1 Å². The highest BCUT2D eigenvalue weighted by molar-refractivity contribution is 14.1. The zero-order valence-corrected chi connectivity index (χ0v) is 15.3. The second-order valence-electron chi connectivity index (χ2n) is 5.18. The third-order valence-corrected chi connectivity index (χ3v) is 4.83. The Morgan fingerprint density at radius 3 is 2.48 bits per heavy atom. The third kappa shape index (κ3) is 2.88. The lowest BCUT2D eigenvalue weighted by molar-refractivity contribution is 0.102. The highest BCUT2D eigenvalue weighted by atomic mass is 127. The van der Waals surface area contributed by atoms with E-state index < -0.39 is 0 Å². The van der Waals surface area contributed by atoms with Crippen LogP contribution in [0.15, 0.2) is 41.2 Å². The number of benzene rings is 2. The van der Waals surface area contributed by atoms with Crippen molar-refractivity contribution in [3.05, 3.63) is 61.0 Å². The summed E-state index contributed by atoms with van der Waals surface area (Å²) in [4.78, 5) is 24.4. The molecule has 3 aromatic rings. The van der Waals surface area contributed by atoms with E-state index in [1.165, 1.54) is 0 Å². The average molecular weight is 442 g/mol. The molecule has 0 aliphatic heterocycles. The van der Waals surface area contributed by atoms with E-state index in [1.54, 1.807) is 53.6 Å². The van der Waals surface area contributed by atoms with Crippen molar-refractivity contribution < 1.29 is 4.79 Å². The third-order valence-electron chi connectivity index (χ3n) is 3.71. The molecule has 5 nitrogen and oxygen atoms in total. The number of aryl methyl sites for hydroxylation is 2. The quantitative estimate of drug-likeness (QED) is 0.620. The van der Waals surface area contributed by atoms with E-state index in [1.807, 2.05) is 6.07 Å². The molecule has 0 unspecified atom stereocenters. The highest BCUT2D eigenvalue weighted by Gasteiger charge is 2.13. The molecule has 0 atom stereocenters. The van der Waals surface area contributed by atoms with Crippen molar-refractivity contribution in [2.75, 3.05) is 5.32 Å². The molecule has 7 heteroatoms. The van der Waals surface area contributed by atoms with Crippen LogP contribution >= 0.6 is 34.2 Å². The number of hydrogen-bond acceptors (Lipinski definition) is 2. The fourth-order valence-corrected chi connectivity index (χ4v) is 3.57. The molecule has 1 aromatic heterocycles. The number of halogens is 2. The zero-order valence-electron chi connectivity index (χ0n) is 12.4. The maximum atomic E-state index is 12.4. The van der Waals surface area contributed by atoms with E-state index in [9.17, 15) is 9.59 Å². The van der Waals surface area contributed by atoms with Gasteiger partial charge in [-0.05, 0) is 59.0 Å². The second-order valence-corrected chi connectivity index (χ2v) is 6.78. The Kier molecular flexibility index (Phi) is 4.20. The molecular formula is C16H13ClIN3O2. The van der Waals surface area contributed by atoms with Gasteiger partial charge in [-0.1, -0.05) is 11.6 Å². The monoisotopic (exact) mass is 441 g/mol. The Labute approximate surface area is 151 Å². The predicted octanol–water partition coefficient (Wildman–Crippen LogP) is 3.39. The number of fused-ring (bicyclic) bond motifs is 1. The minimum absolute atomic E-state index is 0.101. The van der Waals surface area contributed by atoms with Crippen molar-refractivity contribution in [1.82, 2.24) is 9.13 Å². The van der Waals surface area contributed by atoms with Crippen LogP contribution in [0.2, 0.25) is 5.02 Å². The minimum atomic E-state index is -0.216. The van der Waals surface area contributed by atoms with Crippen molar-refractivity contribution in [3.8, 4) is 0 Å². The van der Waals surface area contributed by atoms with Crippen LogP contribution in [0.25, 0.3) is 11.0 Å². The van der Waals surface area contributed by atoms with Crippen LogP contribution in [-0.2, 0) is 14.1 Å².